The summed E-state index contributed by atoms with van der Waals surface area (Å²) in [6, 6.07) is 44.5. The summed E-state index contributed by atoms with van der Waals surface area (Å²) in [5.74, 6) is -0.883. The normalized spacial score (nSPS) is 11.7. The number of amides is 3. The molecule has 218 valence electrons. The summed E-state index contributed by atoms with van der Waals surface area (Å²) in [6.45, 7) is 1.89. The first-order chi connectivity index (χ1) is 21.5. The Morgan fingerprint density at radius 1 is 0.659 bits per heavy atom. The number of hydrogen-bond donors (Lipinski definition) is 2. The fourth-order valence-corrected chi connectivity index (χ4v) is 5.38. The van der Waals surface area contributed by atoms with Gasteiger partial charge in [0.15, 0.2) is 0 Å². The fraction of sp³-hybridized carbons (Fsp3) is 0.0541. The average Bonchev–Trinajstić information content (AvgIpc) is 3.07. The maximum Gasteiger partial charge on any atom is 0.272 e. The Labute approximate surface area is 261 Å². The van der Waals surface area contributed by atoms with Crippen molar-refractivity contribution in [3.63, 3.8) is 0 Å². The van der Waals surface area contributed by atoms with Crippen molar-refractivity contribution in [2.45, 2.75) is 17.1 Å². The summed E-state index contributed by atoms with van der Waals surface area (Å²) in [4.78, 5) is 42.5. The van der Waals surface area contributed by atoms with Crippen LogP contribution in [0, 0.1) is 0 Å². The van der Waals surface area contributed by atoms with Crippen LogP contribution in [0.15, 0.2) is 156 Å². The molecule has 7 heteroatoms. The van der Waals surface area contributed by atoms with E-state index in [1.165, 1.54) is 11.8 Å². The number of rotatable bonds is 10. The van der Waals surface area contributed by atoms with Gasteiger partial charge in [0.1, 0.15) is 5.70 Å². The number of carbonyl (C=O) groups is 3. The van der Waals surface area contributed by atoms with Gasteiger partial charge in [0.2, 0.25) is 5.91 Å². The van der Waals surface area contributed by atoms with Gasteiger partial charge in [0, 0.05) is 27.5 Å². The lowest BCUT2D eigenvalue weighted by Crippen LogP contribution is -2.32. The number of nitrogens with zero attached hydrogens (tertiary/aromatic N) is 1. The lowest BCUT2D eigenvalue weighted by Gasteiger charge is -2.26. The molecule has 44 heavy (non-hydrogen) atoms. The van der Waals surface area contributed by atoms with Crippen LogP contribution >= 0.6 is 11.8 Å². The van der Waals surface area contributed by atoms with Gasteiger partial charge in [0.05, 0.1) is 5.25 Å². The SMILES string of the molecule is CC(Sc1ccc(NC(=O)/C(=C/c2ccccc2)NC(=O)c2ccccc2)cc1)C(=O)N(c1ccccc1)c1ccccc1. The monoisotopic (exact) mass is 597 g/mol. The van der Waals surface area contributed by atoms with Crippen molar-refractivity contribution in [2.24, 2.45) is 0 Å². The first-order valence-corrected chi connectivity index (χ1v) is 15.0. The molecule has 0 spiro atoms. The van der Waals surface area contributed by atoms with Gasteiger partial charge < -0.3 is 10.6 Å². The highest BCUT2D eigenvalue weighted by molar-refractivity contribution is 8.00. The predicted molar refractivity (Wildman–Crippen MR) is 179 cm³/mol. The predicted octanol–water partition coefficient (Wildman–Crippen LogP) is 7.94. The highest BCUT2D eigenvalue weighted by Gasteiger charge is 2.24. The van der Waals surface area contributed by atoms with Crippen molar-refractivity contribution in [3.8, 4) is 0 Å². The van der Waals surface area contributed by atoms with Gasteiger partial charge in [-0.1, -0.05) is 84.9 Å². The van der Waals surface area contributed by atoms with E-state index in [-0.39, 0.29) is 22.8 Å². The Hall–Kier alpha value is -5.40. The summed E-state index contributed by atoms with van der Waals surface area (Å²) < 4.78 is 0. The average molecular weight is 598 g/mol. The maximum atomic E-state index is 13.7. The molecular weight excluding hydrogens is 566 g/mol. The number of carbonyl (C=O) groups excluding carboxylic acids is 3. The Morgan fingerprint density at radius 2 is 1.16 bits per heavy atom. The molecule has 0 aliphatic heterocycles. The Balaban J connectivity index is 1.28. The van der Waals surface area contributed by atoms with E-state index in [0.717, 1.165) is 21.8 Å². The van der Waals surface area contributed by atoms with Crippen LogP contribution in [0.2, 0.25) is 0 Å². The van der Waals surface area contributed by atoms with Crippen LogP contribution in [0.4, 0.5) is 17.1 Å². The summed E-state index contributed by atoms with van der Waals surface area (Å²) in [6.07, 6.45) is 1.64. The summed E-state index contributed by atoms with van der Waals surface area (Å²) >= 11 is 1.44. The second kappa shape index (κ2) is 14.7. The van der Waals surface area contributed by atoms with Crippen molar-refractivity contribution >= 4 is 52.6 Å². The lowest BCUT2D eigenvalue weighted by atomic mass is 10.1. The van der Waals surface area contributed by atoms with Crippen LogP contribution in [-0.4, -0.2) is 23.0 Å². The zero-order valence-electron chi connectivity index (χ0n) is 24.1. The lowest BCUT2D eigenvalue weighted by molar-refractivity contribution is -0.117. The van der Waals surface area contributed by atoms with Crippen molar-refractivity contribution in [1.82, 2.24) is 5.32 Å². The molecule has 0 fully saturated rings. The second-order valence-electron chi connectivity index (χ2n) is 9.87. The van der Waals surface area contributed by atoms with E-state index in [9.17, 15) is 14.4 Å². The number of nitrogens with one attached hydrogen (secondary N) is 2. The Kier molecular flexibility index (Phi) is 10.0. The molecule has 0 radical (unpaired) electrons. The van der Waals surface area contributed by atoms with Gasteiger partial charge in [-0.2, -0.15) is 0 Å². The molecule has 5 aromatic rings. The van der Waals surface area contributed by atoms with Gasteiger partial charge >= 0.3 is 0 Å². The highest BCUT2D eigenvalue weighted by atomic mass is 32.2. The minimum atomic E-state index is -0.455. The van der Waals surface area contributed by atoms with E-state index in [0.29, 0.717) is 11.3 Å². The molecule has 0 aromatic heterocycles. The van der Waals surface area contributed by atoms with Gasteiger partial charge in [0.25, 0.3) is 11.8 Å². The Bertz CT molecular complexity index is 1690. The van der Waals surface area contributed by atoms with Crippen LogP contribution < -0.4 is 15.5 Å². The molecular formula is C37H31N3O3S. The van der Waals surface area contributed by atoms with Crippen LogP contribution in [-0.2, 0) is 9.59 Å². The highest BCUT2D eigenvalue weighted by Crippen LogP contribution is 2.31. The van der Waals surface area contributed by atoms with E-state index in [2.05, 4.69) is 10.6 Å². The smallest absolute Gasteiger partial charge is 0.272 e. The molecule has 3 amide bonds. The van der Waals surface area contributed by atoms with Crippen LogP contribution in [0.25, 0.3) is 6.08 Å². The summed E-state index contributed by atoms with van der Waals surface area (Å²) in [5.41, 5.74) is 3.49. The number of para-hydroxylation sites is 2. The molecule has 1 unspecified atom stereocenters. The molecule has 0 saturated carbocycles. The third-order valence-electron chi connectivity index (χ3n) is 6.66. The van der Waals surface area contributed by atoms with Gasteiger partial charge in [-0.05, 0) is 79.2 Å². The zero-order valence-corrected chi connectivity index (χ0v) is 24.9. The second-order valence-corrected chi connectivity index (χ2v) is 11.3. The van der Waals surface area contributed by atoms with Crippen molar-refractivity contribution in [3.05, 3.63) is 162 Å². The third-order valence-corrected chi connectivity index (χ3v) is 7.76. The Morgan fingerprint density at radius 3 is 1.70 bits per heavy atom. The molecule has 0 aliphatic carbocycles. The summed E-state index contributed by atoms with van der Waals surface area (Å²) in [7, 11) is 0. The van der Waals surface area contributed by atoms with E-state index >= 15 is 0 Å². The number of hydrogen-bond acceptors (Lipinski definition) is 4. The molecule has 0 heterocycles. The third kappa shape index (κ3) is 7.91. The van der Waals surface area contributed by atoms with Gasteiger partial charge in [-0.25, -0.2) is 0 Å². The van der Waals surface area contributed by atoms with Gasteiger partial charge in [-0.15, -0.1) is 11.8 Å². The maximum absolute atomic E-state index is 13.7. The minimum absolute atomic E-state index is 0.0466. The standard InChI is InChI=1S/C37H31N3O3S/c1-27(37(43)40(31-18-10-4-11-19-31)32-20-12-5-13-21-32)44-33-24-22-30(23-25-33)38-36(42)34(26-28-14-6-2-7-15-28)39-35(41)29-16-8-3-9-17-29/h2-27H,1H3,(H,38,42)(H,39,41)/b34-26-. The summed E-state index contributed by atoms with van der Waals surface area (Å²) in [5, 5.41) is 5.25. The topological polar surface area (TPSA) is 78.5 Å². The van der Waals surface area contributed by atoms with Crippen molar-refractivity contribution in [2.75, 3.05) is 10.2 Å². The molecule has 5 rings (SSSR count). The largest absolute Gasteiger partial charge is 0.321 e. The van der Waals surface area contributed by atoms with Crippen molar-refractivity contribution in [1.29, 1.82) is 0 Å². The first-order valence-electron chi connectivity index (χ1n) is 14.1. The molecule has 0 saturated heterocycles. The molecule has 2 N–H and O–H groups in total. The fourth-order valence-electron chi connectivity index (χ4n) is 4.47. The van der Waals surface area contributed by atoms with Crippen molar-refractivity contribution < 1.29 is 14.4 Å². The van der Waals surface area contributed by atoms with Crippen LogP contribution in [0.1, 0.15) is 22.8 Å². The van der Waals surface area contributed by atoms with Gasteiger partial charge in [-0.3, -0.25) is 19.3 Å². The molecule has 0 bridgehead atoms. The van der Waals surface area contributed by atoms with E-state index in [1.807, 2.05) is 116 Å². The van der Waals surface area contributed by atoms with Crippen LogP contribution in [0.5, 0.6) is 0 Å². The molecule has 0 aliphatic rings. The van der Waals surface area contributed by atoms with E-state index in [4.69, 9.17) is 0 Å². The van der Waals surface area contributed by atoms with E-state index in [1.54, 1.807) is 47.4 Å². The molecule has 1 atom stereocenters. The molecule has 5 aromatic carbocycles. The molecule has 6 nitrogen and oxygen atoms in total. The number of thioether (sulfide) groups is 1. The quantitative estimate of drug-likeness (QED) is 0.127. The first kappa shape index (κ1) is 30.1. The zero-order chi connectivity index (χ0) is 30.7. The minimum Gasteiger partial charge on any atom is -0.321 e. The number of anilines is 3. The van der Waals surface area contributed by atoms with Crippen LogP contribution in [0.3, 0.4) is 0 Å². The van der Waals surface area contributed by atoms with E-state index < -0.39 is 5.91 Å². The number of benzene rings is 5.